The van der Waals surface area contributed by atoms with Gasteiger partial charge in [-0.2, -0.15) is 0 Å². The summed E-state index contributed by atoms with van der Waals surface area (Å²) in [6.07, 6.45) is 6.90. The van der Waals surface area contributed by atoms with Gasteiger partial charge in [-0.05, 0) is 79.5 Å². The molecule has 0 spiro atoms. The molecule has 0 heterocycles. The fraction of sp³-hybridized carbons (Fsp3) is 0.409. The molecule has 1 unspecified atom stereocenters. The van der Waals surface area contributed by atoms with E-state index < -0.39 is 37.6 Å². The number of ether oxygens (including phenoxy) is 2. The van der Waals surface area contributed by atoms with Crippen molar-refractivity contribution >= 4 is 19.9 Å². The van der Waals surface area contributed by atoms with Crippen molar-refractivity contribution in [2.45, 2.75) is 110 Å². The van der Waals surface area contributed by atoms with Gasteiger partial charge < -0.3 is 19.3 Å². The van der Waals surface area contributed by atoms with Gasteiger partial charge >= 0.3 is 19.9 Å². The average molecular weight is 756 g/mol. The summed E-state index contributed by atoms with van der Waals surface area (Å²) < 4.78 is 42.9. The van der Waals surface area contributed by atoms with Gasteiger partial charge in [-0.15, -0.1) is 0 Å². The normalized spacial score (nSPS) is 14.8. The molecule has 10 heteroatoms. The van der Waals surface area contributed by atoms with Crippen LogP contribution < -0.4 is 9.84 Å². The SMILES string of the molecule is CCC(OC(=O)[C@H](Cc1ccc(OP(=O)(OCc2ccccc2)OCc2ccccc2)cc1)NC(=O)OC(C)(C)C)c1cccc(CC2CCCCC2)c1. The van der Waals surface area contributed by atoms with Crippen LogP contribution in [0.5, 0.6) is 5.75 Å². The van der Waals surface area contributed by atoms with Crippen LogP contribution in [0, 0.1) is 5.92 Å². The van der Waals surface area contributed by atoms with Crippen molar-refractivity contribution in [1.82, 2.24) is 5.32 Å². The van der Waals surface area contributed by atoms with E-state index in [0.29, 0.717) is 17.9 Å². The number of esters is 1. The van der Waals surface area contributed by atoms with Crippen molar-refractivity contribution in [3.8, 4) is 5.75 Å². The van der Waals surface area contributed by atoms with Crippen LogP contribution in [0.3, 0.4) is 0 Å². The zero-order chi connectivity index (χ0) is 38.4. The van der Waals surface area contributed by atoms with E-state index in [1.165, 1.54) is 37.7 Å². The summed E-state index contributed by atoms with van der Waals surface area (Å²) in [5.41, 5.74) is 3.75. The highest BCUT2D eigenvalue weighted by Gasteiger charge is 2.31. The molecule has 0 aliphatic heterocycles. The Balaban J connectivity index is 1.28. The van der Waals surface area contributed by atoms with Gasteiger partial charge in [0, 0.05) is 6.42 Å². The number of carbonyl (C=O) groups excluding carboxylic acids is 2. The van der Waals surface area contributed by atoms with Gasteiger partial charge in [-0.25, -0.2) is 14.2 Å². The molecule has 0 bridgehead atoms. The highest BCUT2D eigenvalue weighted by Crippen LogP contribution is 2.51. The Morgan fingerprint density at radius 2 is 1.35 bits per heavy atom. The predicted octanol–water partition coefficient (Wildman–Crippen LogP) is 10.9. The van der Waals surface area contributed by atoms with Crippen molar-refractivity contribution in [1.29, 1.82) is 0 Å². The molecule has 288 valence electrons. The van der Waals surface area contributed by atoms with E-state index in [1.54, 1.807) is 45.0 Å². The zero-order valence-electron chi connectivity index (χ0n) is 31.9. The van der Waals surface area contributed by atoms with Crippen LogP contribution in [-0.2, 0) is 53.9 Å². The molecule has 5 rings (SSSR count). The third-order valence-electron chi connectivity index (χ3n) is 9.22. The Hall–Kier alpha value is -4.43. The maximum absolute atomic E-state index is 13.9. The third kappa shape index (κ3) is 13.5. The van der Waals surface area contributed by atoms with Gasteiger partial charge in [0.2, 0.25) is 0 Å². The van der Waals surface area contributed by atoms with Gasteiger partial charge in [-0.1, -0.05) is 136 Å². The summed E-state index contributed by atoms with van der Waals surface area (Å²) in [6.45, 7) is 7.31. The second kappa shape index (κ2) is 19.8. The van der Waals surface area contributed by atoms with Crippen LogP contribution >= 0.6 is 7.82 Å². The summed E-state index contributed by atoms with van der Waals surface area (Å²) in [7, 11) is -4.08. The van der Waals surface area contributed by atoms with E-state index in [0.717, 1.165) is 23.1 Å². The molecular formula is C44H54NO8P. The Morgan fingerprint density at radius 3 is 1.93 bits per heavy atom. The summed E-state index contributed by atoms with van der Waals surface area (Å²) in [5.74, 6) is 0.367. The minimum atomic E-state index is -4.08. The second-order valence-corrected chi connectivity index (χ2v) is 16.5. The van der Waals surface area contributed by atoms with E-state index in [-0.39, 0.29) is 25.4 Å². The lowest BCUT2D eigenvalue weighted by molar-refractivity contribution is -0.152. The molecule has 0 saturated heterocycles. The van der Waals surface area contributed by atoms with E-state index in [1.807, 2.05) is 79.7 Å². The summed E-state index contributed by atoms with van der Waals surface area (Å²) in [6, 6.07) is 32.7. The van der Waals surface area contributed by atoms with Gasteiger partial charge in [0.15, 0.2) is 0 Å². The Labute approximate surface area is 320 Å². The van der Waals surface area contributed by atoms with Crippen LogP contribution in [0.1, 0.15) is 100 Å². The fourth-order valence-electron chi connectivity index (χ4n) is 6.49. The standard InChI is InChI=1S/C44H54NO8P/c1-5-41(38-23-15-22-37(29-38)28-33-16-9-6-10-17-33)51-42(46)40(45-43(47)52-44(2,3)4)30-34-24-26-39(27-25-34)53-54(48,49-31-35-18-11-7-12-19-35)50-32-36-20-13-8-14-21-36/h7-8,11-15,18-27,29,33,40-41H,5-6,9-10,16-17,28,30-32H2,1-4H3,(H,45,47)/t40-,41?/m0/s1. The van der Waals surface area contributed by atoms with E-state index in [2.05, 4.69) is 17.4 Å². The quantitative estimate of drug-likeness (QED) is 0.0838. The number of carbonyl (C=O) groups is 2. The highest BCUT2D eigenvalue weighted by atomic mass is 31.2. The number of phosphoric ester groups is 1. The summed E-state index contributed by atoms with van der Waals surface area (Å²) >= 11 is 0. The molecule has 9 nitrogen and oxygen atoms in total. The molecule has 0 aromatic heterocycles. The molecule has 4 aromatic rings. The summed E-state index contributed by atoms with van der Waals surface area (Å²) in [5, 5.41) is 2.73. The Bertz CT molecular complexity index is 1760. The topological polar surface area (TPSA) is 109 Å². The second-order valence-electron chi connectivity index (χ2n) is 14.9. The lowest BCUT2D eigenvalue weighted by Gasteiger charge is -2.25. The van der Waals surface area contributed by atoms with Crippen LogP contribution in [0.25, 0.3) is 0 Å². The van der Waals surface area contributed by atoms with Gasteiger partial charge in [0.05, 0.1) is 13.2 Å². The van der Waals surface area contributed by atoms with E-state index in [4.69, 9.17) is 23.0 Å². The Kier molecular flexibility index (Phi) is 14.9. The van der Waals surface area contributed by atoms with E-state index >= 15 is 0 Å². The number of alkyl carbamates (subject to hydrolysis) is 1. The molecule has 4 aromatic carbocycles. The third-order valence-corrected chi connectivity index (χ3v) is 10.5. The highest BCUT2D eigenvalue weighted by molar-refractivity contribution is 7.48. The number of phosphoric acid groups is 1. The van der Waals surface area contributed by atoms with Crippen LogP contribution in [0.2, 0.25) is 0 Å². The zero-order valence-corrected chi connectivity index (χ0v) is 32.8. The molecule has 1 fully saturated rings. The predicted molar refractivity (Wildman–Crippen MR) is 210 cm³/mol. The molecule has 1 aliphatic rings. The first-order valence-electron chi connectivity index (χ1n) is 19.0. The molecule has 1 amide bonds. The van der Waals surface area contributed by atoms with Crippen LogP contribution in [0.15, 0.2) is 109 Å². The number of nitrogens with one attached hydrogen (secondary N) is 1. The first kappa shape index (κ1) is 40.7. The fourth-order valence-corrected chi connectivity index (χ4v) is 7.67. The van der Waals surface area contributed by atoms with Crippen molar-refractivity contribution in [3.63, 3.8) is 0 Å². The lowest BCUT2D eigenvalue weighted by atomic mass is 9.84. The van der Waals surface area contributed by atoms with Crippen molar-refractivity contribution < 1.29 is 37.2 Å². The average Bonchev–Trinajstić information content (AvgIpc) is 3.16. The van der Waals surface area contributed by atoms with E-state index in [9.17, 15) is 14.2 Å². The smallest absolute Gasteiger partial charge is 0.456 e. The monoisotopic (exact) mass is 755 g/mol. The van der Waals surface area contributed by atoms with Crippen molar-refractivity contribution in [3.05, 3.63) is 137 Å². The molecular weight excluding hydrogens is 701 g/mol. The minimum Gasteiger partial charge on any atom is -0.456 e. The number of hydrogen-bond donors (Lipinski definition) is 1. The van der Waals surface area contributed by atoms with Crippen molar-refractivity contribution in [2.75, 3.05) is 0 Å². The molecule has 0 radical (unpaired) electrons. The number of rotatable bonds is 17. The minimum absolute atomic E-state index is 0.0225. The summed E-state index contributed by atoms with van der Waals surface area (Å²) in [4.78, 5) is 26.8. The van der Waals surface area contributed by atoms with Crippen LogP contribution in [-0.4, -0.2) is 23.7 Å². The number of amides is 1. The van der Waals surface area contributed by atoms with Gasteiger partial charge in [0.25, 0.3) is 0 Å². The van der Waals surface area contributed by atoms with Crippen LogP contribution in [0.4, 0.5) is 4.79 Å². The number of hydrogen-bond acceptors (Lipinski definition) is 8. The maximum atomic E-state index is 13.9. The van der Waals surface area contributed by atoms with Crippen molar-refractivity contribution in [2.24, 2.45) is 5.92 Å². The molecule has 1 N–H and O–H groups in total. The molecule has 54 heavy (non-hydrogen) atoms. The first-order valence-corrected chi connectivity index (χ1v) is 20.5. The Morgan fingerprint density at radius 1 is 0.759 bits per heavy atom. The first-order chi connectivity index (χ1) is 26.0. The number of benzene rings is 4. The van der Waals surface area contributed by atoms with Gasteiger partial charge in [0.1, 0.15) is 23.5 Å². The lowest BCUT2D eigenvalue weighted by Crippen LogP contribution is -2.45. The largest absolute Gasteiger partial charge is 0.530 e. The van der Waals surface area contributed by atoms with Gasteiger partial charge in [-0.3, -0.25) is 9.05 Å². The molecule has 1 aliphatic carbocycles. The maximum Gasteiger partial charge on any atom is 0.530 e. The molecule has 1 saturated carbocycles. The molecule has 2 atom stereocenters.